The lowest BCUT2D eigenvalue weighted by Gasteiger charge is -2.10. The van der Waals surface area contributed by atoms with Crippen LogP contribution in [0.3, 0.4) is 0 Å². The van der Waals surface area contributed by atoms with Gasteiger partial charge in [0.1, 0.15) is 11.3 Å². The number of benzene rings is 1. The topological polar surface area (TPSA) is 47.8 Å². The molecule has 1 unspecified atom stereocenters. The number of imidazole rings is 1. The van der Waals surface area contributed by atoms with E-state index < -0.39 is 10.8 Å². The second-order valence-corrected chi connectivity index (χ2v) is 8.25. The molecule has 26 heavy (non-hydrogen) atoms. The second kappa shape index (κ2) is 9.08. The van der Waals surface area contributed by atoms with Crippen molar-refractivity contribution in [3.63, 3.8) is 0 Å². The van der Waals surface area contributed by atoms with Crippen LogP contribution in [0.5, 0.6) is 0 Å². The van der Waals surface area contributed by atoms with Gasteiger partial charge in [-0.25, -0.2) is 4.98 Å². The minimum absolute atomic E-state index is 0.710. The van der Waals surface area contributed by atoms with Crippen LogP contribution < -0.4 is 0 Å². The van der Waals surface area contributed by atoms with E-state index in [0.29, 0.717) is 5.75 Å². The lowest BCUT2D eigenvalue weighted by molar-refractivity contribution is 0.602. The third-order valence-corrected chi connectivity index (χ3v) is 6.09. The van der Waals surface area contributed by atoms with Crippen molar-refractivity contribution in [2.75, 3.05) is 5.75 Å². The molecule has 0 aliphatic rings. The fourth-order valence-corrected chi connectivity index (χ4v) is 4.43. The predicted octanol–water partition coefficient (Wildman–Crippen LogP) is 4.67. The van der Waals surface area contributed by atoms with Crippen LogP contribution in [0, 0.1) is 6.92 Å². The van der Waals surface area contributed by atoms with E-state index in [1.54, 1.807) is 0 Å². The van der Waals surface area contributed by atoms with Gasteiger partial charge in [0.25, 0.3) is 0 Å². The molecule has 0 aliphatic heterocycles. The van der Waals surface area contributed by atoms with Crippen LogP contribution in [0.4, 0.5) is 0 Å². The summed E-state index contributed by atoms with van der Waals surface area (Å²) in [6, 6.07) is 9.74. The molecule has 4 nitrogen and oxygen atoms in total. The molecule has 3 rings (SSSR count). The Balaban J connectivity index is 1.67. The molecular weight excluding hydrogens is 342 g/mol. The predicted molar refractivity (Wildman–Crippen MR) is 108 cm³/mol. The van der Waals surface area contributed by atoms with Crippen LogP contribution in [0.1, 0.15) is 44.0 Å². The molecule has 0 fully saturated rings. The number of rotatable bonds is 9. The van der Waals surface area contributed by atoms with Crippen LogP contribution >= 0.6 is 0 Å². The van der Waals surface area contributed by atoms with E-state index in [2.05, 4.69) is 23.4 Å². The highest BCUT2D eigenvalue weighted by Gasteiger charge is 2.12. The Morgan fingerprint density at radius 1 is 1.08 bits per heavy atom. The Hall–Kier alpha value is -2.01. The molecule has 0 saturated carbocycles. The molecule has 1 atom stereocenters. The zero-order valence-corrected chi connectivity index (χ0v) is 16.5. The highest BCUT2D eigenvalue weighted by molar-refractivity contribution is 7.85. The summed E-state index contributed by atoms with van der Waals surface area (Å²) < 4.78 is 14.7. The quantitative estimate of drug-likeness (QED) is 0.515. The highest BCUT2D eigenvalue weighted by Crippen LogP contribution is 2.21. The van der Waals surface area contributed by atoms with Gasteiger partial charge in [-0.05, 0) is 43.9 Å². The fourth-order valence-electron chi connectivity index (χ4n) is 3.27. The van der Waals surface area contributed by atoms with Crippen LogP contribution in [0.15, 0.2) is 47.6 Å². The first-order valence-corrected chi connectivity index (χ1v) is 10.8. The van der Waals surface area contributed by atoms with Crippen LogP contribution in [-0.4, -0.2) is 24.5 Å². The number of fused-ring (bicyclic) bond motifs is 1. The van der Waals surface area contributed by atoms with Crippen molar-refractivity contribution in [2.24, 2.45) is 0 Å². The maximum Gasteiger partial charge on any atom is 0.109 e. The maximum atomic E-state index is 12.4. The number of aromatic nitrogens is 3. The Labute approximate surface area is 158 Å². The average molecular weight is 370 g/mol. The van der Waals surface area contributed by atoms with E-state index in [1.165, 1.54) is 11.1 Å². The molecule has 0 spiro atoms. The third kappa shape index (κ3) is 4.39. The lowest BCUT2D eigenvalue weighted by Crippen LogP contribution is -2.07. The van der Waals surface area contributed by atoms with Gasteiger partial charge >= 0.3 is 0 Å². The highest BCUT2D eigenvalue weighted by atomic mass is 32.2. The summed E-state index contributed by atoms with van der Waals surface area (Å²) in [6.07, 6.45) is 9.03. The monoisotopic (exact) mass is 369 g/mol. The van der Waals surface area contributed by atoms with Gasteiger partial charge in [0, 0.05) is 29.8 Å². The standard InChI is InChI=1S/C21H27N3OS/c1-3-4-12-20-23-19-16-22-15-17(2)21(19)24(20)13-8-9-14-26(25)18-10-6-5-7-11-18/h5-7,10-11,15-16H,3-4,8-9,12-14H2,1-2H3. The summed E-state index contributed by atoms with van der Waals surface area (Å²) in [5.74, 6) is 1.86. The smallest absolute Gasteiger partial charge is 0.109 e. The number of hydrogen-bond acceptors (Lipinski definition) is 3. The zero-order chi connectivity index (χ0) is 18.4. The molecule has 2 heterocycles. The van der Waals surface area contributed by atoms with Gasteiger partial charge in [-0.1, -0.05) is 31.5 Å². The Bertz CT molecular complexity index is 874. The molecule has 0 N–H and O–H groups in total. The summed E-state index contributed by atoms with van der Waals surface area (Å²) in [6.45, 7) is 5.23. The maximum absolute atomic E-state index is 12.4. The molecule has 2 aromatic heterocycles. The number of pyridine rings is 1. The van der Waals surface area contributed by atoms with E-state index in [1.807, 2.05) is 42.7 Å². The van der Waals surface area contributed by atoms with Crippen molar-refractivity contribution in [2.45, 2.75) is 57.4 Å². The van der Waals surface area contributed by atoms with Crippen LogP contribution in [0.2, 0.25) is 0 Å². The van der Waals surface area contributed by atoms with E-state index in [9.17, 15) is 4.21 Å². The number of hydrogen-bond donors (Lipinski definition) is 0. The summed E-state index contributed by atoms with van der Waals surface area (Å²) >= 11 is 0. The van der Waals surface area contributed by atoms with Crippen molar-refractivity contribution in [3.05, 3.63) is 54.1 Å². The van der Waals surface area contributed by atoms with Gasteiger partial charge in [-0.2, -0.15) is 0 Å². The lowest BCUT2D eigenvalue weighted by atomic mass is 10.2. The molecule has 0 aliphatic carbocycles. The normalized spacial score (nSPS) is 12.5. The van der Waals surface area contributed by atoms with Crippen molar-refractivity contribution in [3.8, 4) is 0 Å². The number of aryl methyl sites for hydroxylation is 3. The summed E-state index contributed by atoms with van der Waals surface area (Å²) in [5.41, 5.74) is 3.37. The van der Waals surface area contributed by atoms with E-state index >= 15 is 0 Å². The van der Waals surface area contributed by atoms with Crippen LogP contribution in [0.25, 0.3) is 11.0 Å². The SMILES string of the molecule is CCCCc1nc2cncc(C)c2n1CCCCS(=O)c1ccccc1. The van der Waals surface area contributed by atoms with Gasteiger partial charge in [-0.15, -0.1) is 0 Å². The number of nitrogens with zero attached hydrogens (tertiary/aromatic N) is 3. The Morgan fingerprint density at radius 2 is 1.88 bits per heavy atom. The summed E-state index contributed by atoms with van der Waals surface area (Å²) in [4.78, 5) is 10.0. The number of unbranched alkanes of at least 4 members (excludes halogenated alkanes) is 2. The van der Waals surface area contributed by atoms with Crippen molar-refractivity contribution >= 4 is 21.8 Å². The zero-order valence-electron chi connectivity index (χ0n) is 15.6. The van der Waals surface area contributed by atoms with Gasteiger partial charge in [-0.3, -0.25) is 9.19 Å². The molecule has 0 bridgehead atoms. The Morgan fingerprint density at radius 3 is 2.65 bits per heavy atom. The van der Waals surface area contributed by atoms with Crippen molar-refractivity contribution in [1.82, 2.24) is 14.5 Å². The van der Waals surface area contributed by atoms with Crippen molar-refractivity contribution < 1.29 is 4.21 Å². The van der Waals surface area contributed by atoms with E-state index in [4.69, 9.17) is 4.98 Å². The average Bonchev–Trinajstić information content (AvgIpc) is 3.03. The van der Waals surface area contributed by atoms with Crippen LogP contribution in [-0.2, 0) is 23.8 Å². The first kappa shape index (κ1) is 18.8. The van der Waals surface area contributed by atoms with Gasteiger partial charge in [0.15, 0.2) is 0 Å². The van der Waals surface area contributed by atoms with E-state index in [-0.39, 0.29) is 0 Å². The minimum Gasteiger partial charge on any atom is -0.328 e. The fraction of sp³-hybridized carbons (Fsp3) is 0.429. The minimum atomic E-state index is -0.908. The molecule has 1 aromatic carbocycles. The molecule has 0 saturated heterocycles. The molecule has 138 valence electrons. The molecular formula is C21H27N3OS. The van der Waals surface area contributed by atoms with Gasteiger partial charge < -0.3 is 4.57 Å². The molecule has 0 radical (unpaired) electrons. The summed E-state index contributed by atoms with van der Waals surface area (Å²) in [7, 11) is -0.908. The molecule has 5 heteroatoms. The Kier molecular flexibility index (Phi) is 6.56. The van der Waals surface area contributed by atoms with Crippen molar-refractivity contribution in [1.29, 1.82) is 0 Å². The third-order valence-electron chi connectivity index (χ3n) is 4.63. The second-order valence-electron chi connectivity index (χ2n) is 6.68. The molecule has 3 aromatic rings. The first-order valence-electron chi connectivity index (χ1n) is 9.44. The van der Waals surface area contributed by atoms with Gasteiger partial charge in [0.2, 0.25) is 0 Å². The molecule has 0 amide bonds. The first-order chi connectivity index (χ1) is 12.7. The van der Waals surface area contributed by atoms with E-state index in [0.717, 1.165) is 54.9 Å². The largest absolute Gasteiger partial charge is 0.328 e. The summed E-state index contributed by atoms with van der Waals surface area (Å²) in [5, 5.41) is 0. The van der Waals surface area contributed by atoms with Gasteiger partial charge in [0.05, 0.1) is 22.5 Å².